The van der Waals surface area contributed by atoms with Crippen LogP contribution in [0.4, 0.5) is 0 Å². The fourth-order valence-electron chi connectivity index (χ4n) is 7.52. The van der Waals surface area contributed by atoms with Crippen molar-refractivity contribution in [1.29, 1.82) is 0 Å². The Labute approximate surface area is 284 Å². The molecule has 8 bridgehead atoms. The maximum atomic E-state index is 11.7. The molecule has 0 aromatic carbocycles. The summed E-state index contributed by atoms with van der Waals surface area (Å²) in [6.45, 7) is 8.04. The van der Waals surface area contributed by atoms with Crippen molar-refractivity contribution in [2.45, 2.75) is 111 Å². The summed E-state index contributed by atoms with van der Waals surface area (Å²) in [5, 5.41) is 38.0. The zero-order chi connectivity index (χ0) is 35.6. The second-order valence-electron chi connectivity index (χ2n) is 13.4. The molecule has 4 aromatic heterocycles. The predicted molar refractivity (Wildman–Crippen MR) is 182 cm³/mol. The van der Waals surface area contributed by atoms with Crippen molar-refractivity contribution in [3.8, 4) is 0 Å². The highest BCUT2D eigenvalue weighted by molar-refractivity contribution is 5.68. The lowest BCUT2D eigenvalue weighted by Crippen LogP contribution is -2.04. The molecule has 0 fully saturated rings. The zero-order valence-electron chi connectivity index (χ0n) is 28.6. The molecule has 0 spiro atoms. The predicted octanol–water partition coefficient (Wildman–Crippen LogP) is 5.37. The Balaban J connectivity index is 1.70. The first-order chi connectivity index (χ1) is 23.2. The third-order valence-corrected chi connectivity index (χ3v) is 10.3. The topological polar surface area (TPSA) is 212 Å². The molecule has 0 radical (unpaired) electrons. The summed E-state index contributed by atoms with van der Waals surface area (Å²) in [5.41, 5.74) is 15.3. The van der Waals surface area contributed by atoms with E-state index >= 15 is 0 Å². The standard InChI is InChI=1S/C37H46N4O8/c1-18-22(6-5-7-34(42)43)30-15-29-21(4)25(10-13-37(48)49)33(41-29)17-32-24(9-12-36(46)47)20(3)27(39-32)14-26-19(2)23(8-11-35(44)45)31(38-26)16-28(18)40-30/h38-41H,5-17H2,1-4H3,(H,42,43)(H,44,45)(H,46,47)(H,48,49). The minimum absolute atomic E-state index is 0.00995. The Kier molecular flexibility index (Phi) is 10.5. The number of carboxylic acid groups (broad SMARTS) is 4. The van der Waals surface area contributed by atoms with E-state index in [1.165, 1.54) is 0 Å². The van der Waals surface area contributed by atoms with Crippen LogP contribution in [0.5, 0.6) is 0 Å². The van der Waals surface area contributed by atoms with Gasteiger partial charge < -0.3 is 40.4 Å². The summed E-state index contributed by atoms with van der Waals surface area (Å²) in [5.74, 6) is -3.50. The number of fused-ring (bicyclic) bond motifs is 8. The minimum atomic E-state index is -0.890. The second kappa shape index (κ2) is 14.6. The molecule has 1 aliphatic heterocycles. The fourth-order valence-corrected chi connectivity index (χ4v) is 7.52. The van der Waals surface area contributed by atoms with Crippen LogP contribution < -0.4 is 0 Å². The largest absolute Gasteiger partial charge is 0.481 e. The van der Waals surface area contributed by atoms with E-state index < -0.39 is 23.9 Å². The highest BCUT2D eigenvalue weighted by Crippen LogP contribution is 2.33. The summed E-state index contributed by atoms with van der Waals surface area (Å²) in [6.07, 6.45) is 4.01. The molecule has 262 valence electrons. The Morgan fingerprint density at radius 3 is 0.939 bits per heavy atom. The van der Waals surface area contributed by atoms with Crippen LogP contribution in [-0.2, 0) is 70.5 Å². The van der Waals surface area contributed by atoms with Crippen molar-refractivity contribution >= 4 is 23.9 Å². The maximum Gasteiger partial charge on any atom is 0.303 e. The van der Waals surface area contributed by atoms with Crippen LogP contribution >= 0.6 is 0 Å². The minimum Gasteiger partial charge on any atom is -0.481 e. The number of aromatic amines is 4. The van der Waals surface area contributed by atoms with Crippen LogP contribution in [0.1, 0.15) is 122 Å². The lowest BCUT2D eigenvalue weighted by atomic mass is 9.96. The Morgan fingerprint density at radius 2 is 0.653 bits per heavy atom. The van der Waals surface area contributed by atoms with Gasteiger partial charge in [0.25, 0.3) is 0 Å². The van der Waals surface area contributed by atoms with Gasteiger partial charge in [0.15, 0.2) is 0 Å². The average Bonchev–Trinajstić information content (AvgIpc) is 3.67. The number of aromatic nitrogens is 4. The second-order valence-corrected chi connectivity index (χ2v) is 13.4. The molecule has 0 amide bonds. The smallest absolute Gasteiger partial charge is 0.303 e. The lowest BCUT2D eigenvalue weighted by molar-refractivity contribution is -0.138. The summed E-state index contributed by atoms with van der Waals surface area (Å²) < 4.78 is 0. The van der Waals surface area contributed by atoms with Crippen molar-refractivity contribution in [2.24, 2.45) is 0 Å². The van der Waals surface area contributed by atoms with Crippen LogP contribution in [0.25, 0.3) is 0 Å². The first-order valence-electron chi connectivity index (χ1n) is 16.9. The molecule has 4 aromatic rings. The molecule has 8 N–H and O–H groups in total. The van der Waals surface area contributed by atoms with Gasteiger partial charge in [-0.25, -0.2) is 0 Å². The van der Waals surface area contributed by atoms with Crippen molar-refractivity contribution in [2.75, 3.05) is 0 Å². The van der Waals surface area contributed by atoms with Crippen LogP contribution in [0.2, 0.25) is 0 Å². The van der Waals surface area contributed by atoms with Crippen LogP contribution in [-0.4, -0.2) is 64.2 Å². The van der Waals surface area contributed by atoms with E-state index in [9.17, 15) is 39.6 Å². The van der Waals surface area contributed by atoms with Gasteiger partial charge in [-0.05, 0) is 104 Å². The maximum absolute atomic E-state index is 11.7. The molecule has 0 saturated heterocycles. The molecule has 0 aliphatic carbocycles. The average molecular weight is 675 g/mol. The van der Waals surface area contributed by atoms with E-state index in [2.05, 4.69) is 19.9 Å². The van der Waals surface area contributed by atoms with Gasteiger partial charge in [-0.3, -0.25) is 19.2 Å². The van der Waals surface area contributed by atoms with E-state index in [1.807, 2.05) is 27.7 Å². The first kappa shape index (κ1) is 35.3. The van der Waals surface area contributed by atoms with Gasteiger partial charge in [-0.15, -0.1) is 0 Å². The molecule has 12 nitrogen and oxygen atoms in total. The van der Waals surface area contributed by atoms with E-state index in [0.717, 1.165) is 90.1 Å². The molecule has 5 rings (SSSR count). The molecule has 12 heteroatoms. The SMILES string of the molecule is Cc1c2[nH]c(c1CCC(=O)O)Cc1[nH]c(c(CCCC(=O)O)c1C)Cc1[nH]c(c(CCC(=O)O)c1C)Cc1[nH]c(c(C)c1CCC(=O)O)C2. The monoisotopic (exact) mass is 674 g/mol. The summed E-state index contributed by atoms with van der Waals surface area (Å²) in [7, 11) is 0. The van der Waals surface area contributed by atoms with E-state index in [-0.39, 0.29) is 25.7 Å². The number of nitrogens with one attached hydrogen (secondary N) is 4. The number of carboxylic acids is 4. The van der Waals surface area contributed by atoms with Crippen molar-refractivity contribution < 1.29 is 39.6 Å². The summed E-state index contributed by atoms with van der Waals surface area (Å²) in [4.78, 5) is 60.9. The third kappa shape index (κ3) is 7.84. The lowest BCUT2D eigenvalue weighted by Gasteiger charge is -2.07. The fraction of sp³-hybridized carbons (Fsp3) is 0.459. The van der Waals surface area contributed by atoms with Crippen LogP contribution in [0.3, 0.4) is 0 Å². The normalized spacial score (nSPS) is 12.7. The van der Waals surface area contributed by atoms with Crippen LogP contribution in [0.15, 0.2) is 0 Å². The van der Waals surface area contributed by atoms with E-state index in [0.29, 0.717) is 57.8 Å². The zero-order valence-corrected chi connectivity index (χ0v) is 28.6. The number of hydrogen-bond acceptors (Lipinski definition) is 4. The number of hydrogen-bond donors (Lipinski definition) is 8. The molecule has 5 heterocycles. The third-order valence-electron chi connectivity index (χ3n) is 10.3. The molecule has 49 heavy (non-hydrogen) atoms. The van der Waals surface area contributed by atoms with Gasteiger partial charge in [-0.1, -0.05) is 0 Å². The van der Waals surface area contributed by atoms with Gasteiger partial charge in [-0.2, -0.15) is 0 Å². The van der Waals surface area contributed by atoms with Crippen LogP contribution in [0, 0.1) is 27.7 Å². The van der Waals surface area contributed by atoms with Gasteiger partial charge in [0.2, 0.25) is 0 Å². The van der Waals surface area contributed by atoms with Crippen molar-refractivity contribution in [3.05, 3.63) is 90.1 Å². The molecular formula is C37H46N4O8. The molecule has 1 aliphatic rings. The van der Waals surface area contributed by atoms with Gasteiger partial charge in [0.1, 0.15) is 0 Å². The highest BCUT2D eigenvalue weighted by atomic mass is 16.4. The number of H-pyrrole nitrogens is 4. The van der Waals surface area contributed by atoms with Crippen molar-refractivity contribution in [1.82, 2.24) is 19.9 Å². The molecule has 0 unspecified atom stereocenters. The quantitative estimate of drug-likeness (QED) is 0.0811. The Morgan fingerprint density at radius 1 is 0.408 bits per heavy atom. The van der Waals surface area contributed by atoms with Crippen molar-refractivity contribution in [3.63, 3.8) is 0 Å². The number of carbonyl (C=O) groups is 4. The number of aliphatic carboxylic acids is 4. The van der Waals surface area contributed by atoms with E-state index in [1.54, 1.807) is 0 Å². The first-order valence-corrected chi connectivity index (χ1v) is 16.9. The Hall–Kier alpha value is -5.00. The number of rotatable bonds is 13. The molecular weight excluding hydrogens is 628 g/mol. The highest BCUT2D eigenvalue weighted by Gasteiger charge is 2.25. The molecule has 0 atom stereocenters. The van der Waals surface area contributed by atoms with Gasteiger partial charge >= 0.3 is 23.9 Å². The summed E-state index contributed by atoms with van der Waals surface area (Å²) in [6, 6.07) is 0. The van der Waals surface area contributed by atoms with Gasteiger partial charge in [0.05, 0.1) is 0 Å². The summed E-state index contributed by atoms with van der Waals surface area (Å²) >= 11 is 0. The Bertz CT molecular complexity index is 1920. The van der Waals surface area contributed by atoms with Gasteiger partial charge in [0, 0.05) is 96.9 Å². The van der Waals surface area contributed by atoms with E-state index in [4.69, 9.17) is 0 Å². The molecule has 0 saturated carbocycles.